The van der Waals surface area contributed by atoms with Gasteiger partial charge in [0.25, 0.3) is 5.69 Å². The van der Waals surface area contributed by atoms with Crippen molar-refractivity contribution in [1.29, 1.82) is 5.26 Å². The molecule has 0 bridgehead atoms. The Morgan fingerprint density at radius 2 is 1.84 bits per heavy atom. The van der Waals surface area contributed by atoms with E-state index in [0.29, 0.717) is 5.69 Å². The van der Waals surface area contributed by atoms with E-state index in [1.165, 1.54) is 6.07 Å². The third-order valence-corrected chi connectivity index (χ3v) is 6.39. The first kappa shape index (κ1) is 21.6. The molecule has 4 rings (SSSR count). The number of cyclic esters (lactones) is 1. The van der Waals surface area contributed by atoms with E-state index in [0.717, 1.165) is 31.2 Å². The van der Waals surface area contributed by atoms with Gasteiger partial charge in [0.2, 0.25) is 0 Å². The number of carbonyl (C=O) groups is 1. The zero-order chi connectivity index (χ0) is 22.9. The number of hydrogen-bond acceptors (Lipinski definition) is 6. The highest BCUT2D eigenvalue weighted by atomic mass is 16.6. The molecule has 1 saturated carbocycles. The second-order valence-corrected chi connectivity index (χ2v) is 8.94. The normalized spacial score (nSPS) is 24.5. The summed E-state index contributed by atoms with van der Waals surface area (Å²) in [5.41, 5.74) is 1.00. The minimum atomic E-state index is -0.628. The zero-order valence-electron chi connectivity index (χ0n) is 18.2. The summed E-state index contributed by atoms with van der Waals surface area (Å²) < 4.78 is 5.74. The van der Waals surface area contributed by atoms with Crippen molar-refractivity contribution >= 4 is 17.5 Å². The molecular weight excluding hydrogens is 408 g/mol. The van der Waals surface area contributed by atoms with Crippen LogP contribution in [0.5, 0.6) is 0 Å². The van der Waals surface area contributed by atoms with E-state index in [-0.39, 0.29) is 35.5 Å². The minimum Gasteiger partial charge on any atom is -0.441 e. The summed E-state index contributed by atoms with van der Waals surface area (Å²) in [7, 11) is 0. The fourth-order valence-electron chi connectivity index (χ4n) is 4.92. The molecule has 2 aliphatic rings. The van der Waals surface area contributed by atoms with Crippen LogP contribution in [0.1, 0.15) is 56.7 Å². The number of hydrogen-bond donors (Lipinski definition) is 1. The Morgan fingerprint density at radius 3 is 2.47 bits per heavy atom. The van der Waals surface area contributed by atoms with Crippen LogP contribution >= 0.6 is 0 Å². The van der Waals surface area contributed by atoms with Crippen LogP contribution in [0.3, 0.4) is 0 Å². The van der Waals surface area contributed by atoms with Gasteiger partial charge >= 0.3 is 6.09 Å². The highest BCUT2D eigenvalue weighted by Crippen LogP contribution is 2.44. The molecule has 0 radical (unpaired) electrons. The number of nitrogens with zero attached hydrogens (tertiary/aromatic N) is 3. The molecule has 0 spiro atoms. The van der Waals surface area contributed by atoms with Crippen molar-refractivity contribution in [1.82, 2.24) is 4.90 Å². The third kappa shape index (κ3) is 4.11. The Bertz CT molecular complexity index is 1060. The maximum atomic E-state index is 12.8. The molecule has 1 N–H and O–H groups in total. The number of nitrogens with one attached hydrogen (secondary N) is 1. The number of amides is 1. The lowest BCUT2D eigenvalue weighted by atomic mass is 9.86. The summed E-state index contributed by atoms with van der Waals surface area (Å²) >= 11 is 0. The van der Waals surface area contributed by atoms with E-state index in [1.54, 1.807) is 12.1 Å². The molecule has 2 aromatic carbocycles. The average Bonchev–Trinajstić information content (AvgIpc) is 3.03. The first-order valence-electron chi connectivity index (χ1n) is 10.8. The summed E-state index contributed by atoms with van der Waals surface area (Å²) in [6, 6.07) is 16.3. The van der Waals surface area contributed by atoms with Gasteiger partial charge in [-0.1, -0.05) is 30.3 Å². The maximum absolute atomic E-state index is 12.8. The van der Waals surface area contributed by atoms with Crippen molar-refractivity contribution in [3.05, 3.63) is 69.8 Å². The van der Waals surface area contributed by atoms with Crippen molar-refractivity contribution in [2.45, 2.75) is 63.3 Å². The number of ether oxygens (including phenoxy) is 1. The highest BCUT2D eigenvalue weighted by Gasteiger charge is 2.51. The van der Waals surface area contributed by atoms with E-state index < -0.39 is 10.5 Å². The number of nitriles is 1. The SMILES string of the molecule is CC1(C)OC(=O)N(C2CCC(Nc3ccc(C#N)cc3[N+](=O)[O-])CC2)C1c1ccccc1. The Labute approximate surface area is 186 Å². The number of nitro groups is 1. The Balaban J connectivity index is 1.47. The molecule has 0 aromatic heterocycles. The van der Waals surface area contributed by atoms with Gasteiger partial charge in [0.05, 0.1) is 22.6 Å². The number of anilines is 1. The van der Waals surface area contributed by atoms with Crippen LogP contribution in [0.25, 0.3) is 0 Å². The van der Waals surface area contributed by atoms with Crippen LogP contribution in [0.2, 0.25) is 0 Å². The predicted molar refractivity (Wildman–Crippen MR) is 119 cm³/mol. The lowest BCUT2D eigenvalue weighted by Gasteiger charge is -2.38. The molecule has 2 fully saturated rings. The van der Waals surface area contributed by atoms with E-state index in [4.69, 9.17) is 10.00 Å². The molecule has 1 unspecified atom stereocenters. The van der Waals surface area contributed by atoms with E-state index in [2.05, 4.69) is 5.32 Å². The molecule has 8 nitrogen and oxygen atoms in total. The number of carbonyl (C=O) groups excluding carboxylic acids is 1. The van der Waals surface area contributed by atoms with Gasteiger partial charge < -0.3 is 10.1 Å². The maximum Gasteiger partial charge on any atom is 0.411 e. The van der Waals surface area contributed by atoms with E-state index >= 15 is 0 Å². The average molecular weight is 434 g/mol. The summed E-state index contributed by atoms with van der Waals surface area (Å²) in [6.45, 7) is 3.89. The van der Waals surface area contributed by atoms with Crippen LogP contribution < -0.4 is 5.32 Å². The van der Waals surface area contributed by atoms with Crippen LogP contribution in [-0.2, 0) is 4.74 Å². The lowest BCUT2D eigenvalue weighted by Crippen LogP contribution is -2.44. The van der Waals surface area contributed by atoms with Crippen LogP contribution in [0, 0.1) is 21.4 Å². The van der Waals surface area contributed by atoms with Gasteiger partial charge in [-0.3, -0.25) is 15.0 Å². The Hall–Kier alpha value is -3.60. The second-order valence-electron chi connectivity index (χ2n) is 8.94. The molecule has 166 valence electrons. The summed E-state index contributed by atoms with van der Waals surface area (Å²) in [4.78, 5) is 25.6. The smallest absolute Gasteiger partial charge is 0.411 e. The Morgan fingerprint density at radius 1 is 1.16 bits per heavy atom. The molecule has 1 amide bonds. The van der Waals surface area contributed by atoms with E-state index in [9.17, 15) is 14.9 Å². The highest BCUT2D eigenvalue weighted by molar-refractivity contribution is 5.72. The van der Waals surface area contributed by atoms with Gasteiger partial charge in [0.15, 0.2) is 0 Å². The van der Waals surface area contributed by atoms with Crippen molar-refractivity contribution < 1.29 is 14.5 Å². The third-order valence-electron chi connectivity index (χ3n) is 6.39. The molecule has 1 aliphatic heterocycles. The first-order valence-corrected chi connectivity index (χ1v) is 10.8. The summed E-state index contributed by atoms with van der Waals surface area (Å²) in [6.07, 6.45) is 2.80. The molecule has 32 heavy (non-hydrogen) atoms. The van der Waals surface area contributed by atoms with Crippen molar-refractivity contribution in [3.8, 4) is 6.07 Å². The van der Waals surface area contributed by atoms with Gasteiger partial charge in [0.1, 0.15) is 11.3 Å². The second kappa shape index (κ2) is 8.50. The summed E-state index contributed by atoms with van der Waals surface area (Å²) in [5.74, 6) is 0. The molecule has 1 heterocycles. The minimum absolute atomic E-state index is 0.0449. The number of benzene rings is 2. The predicted octanol–water partition coefficient (Wildman–Crippen LogP) is 5.16. The largest absolute Gasteiger partial charge is 0.441 e. The Kier molecular flexibility index (Phi) is 5.74. The van der Waals surface area contributed by atoms with Crippen molar-refractivity contribution in [2.24, 2.45) is 0 Å². The van der Waals surface area contributed by atoms with E-state index in [1.807, 2.05) is 55.1 Å². The number of nitro benzene ring substituents is 1. The summed E-state index contributed by atoms with van der Waals surface area (Å²) in [5, 5.41) is 23.7. The van der Waals surface area contributed by atoms with Crippen LogP contribution in [0.15, 0.2) is 48.5 Å². The first-order chi connectivity index (χ1) is 15.3. The number of rotatable bonds is 5. The fourth-order valence-corrected chi connectivity index (χ4v) is 4.92. The van der Waals surface area contributed by atoms with Gasteiger partial charge in [-0.15, -0.1) is 0 Å². The molecule has 1 atom stereocenters. The standard InChI is InChI=1S/C24H26N4O4/c1-24(2)22(17-6-4-3-5-7-17)27(23(29)32-24)19-11-9-18(10-12-19)26-20-13-8-16(15-25)14-21(20)28(30)31/h3-8,13-14,18-19,22,26H,9-12H2,1-2H3. The molecule has 1 aliphatic carbocycles. The van der Waals surface area contributed by atoms with Crippen molar-refractivity contribution in [2.75, 3.05) is 5.32 Å². The molecule has 8 heteroatoms. The van der Waals surface area contributed by atoms with Gasteiger partial charge in [-0.05, 0) is 57.2 Å². The van der Waals surface area contributed by atoms with Crippen LogP contribution in [0.4, 0.5) is 16.2 Å². The van der Waals surface area contributed by atoms with Gasteiger partial charge in [-0.25, -0.2) is 4.79 Å². The quantitative estimate of drug-likeness (QED) is 0.514. The molecular formula is C24H26N4O4. The van der Waals surface area contributed by atoms with Gasteiger partial charge in [-0.2, -0.15) is 5.26 Å². The fraction of sp³-hybridized carbons (Fsp3) is 0.417. The van der Waals surface area contributed by atoms with Crippen LogP contribution in [-0.4, -0.2) is 33.6 Å². The van der Waals surface area contributed by atoms with Gasteiger partial charge in [0, 0.05) is 18.2 Å². The monoisotopic (exact) mass is 434 g/mol. The molecule has 1 saturated heterocycles. The zero-order valence-corrected chi connectivity index (χ0v) is 18.2. The topological polar surface area (TPSA) is 108 Å². The lowest BCUT2D eigenvalue weighted by molar-refractivity contribution is -0.384. The molecule has 2 aromatic rings. The van der Waals surface area contributed by atoms with Crippen molar-refractivity contribution in [3.63, 3.8) is 0 Å².